The van der Waals surface area contributed by atoms with E-state index in [0.29, 0.717) is 17.8 Å². The number of nitrogens with two attached hydrogens (primary N) is 1. The van der Waals surface area contributed by atoms with Gasteiger partial charge in [0, 0.05) is 37.4 Å². The van der Waals surface area contributed by atoms with Crippen LogP contribution in [0.2, 0.25) is 0 Å². The zero-order valence-corrected chi connectivity index (χ0v) is 23.5. The Morgan fingerprint density at radius 1 is 1.00 bits per heavy atom. The van der Waals surface area contributed by atoms with Gasteiger partial charge in [0.05, 0.1) is 5.92 Å². The normalized spacial score (nSPS) is 15.1. The van der Waals surface area contributed by atoms with E-state index in [9.17, 15) is 14.4 Å². The van der Waals surface area contributed by atoms with Crippen LogP contribution in [-0.4, -0.2) is 66.9 Å². The standard InChI is InChI=1S/C28H39N5O3.C2H6/c1-3-33(4-2)27(35)24-11-8-18-32(20-24)17-6-5-16-30-28(36)31-25-14-12-21(13-15-25)22-9-7-10-23(19-22)26(29)34;1-2/h7,9-10,12-15,19,24H,3-6,8,11,16-18,20H2,1-2H3,(H2,29,34)(H2,30,31,36);1-2H3. The smallest absolute Gasteiger partial charge is 0.319 e. The third-order valence-electron chi connectivity index (χ3n) is 6.74. The number of benzene rings is 2. The summed E-state index contributed by atoms with van der Waals surface area (Å²) in [5.41, 5.74) is 8.34. The number of carbonyl (C=O) groups is 3. The molecule has 1 fully saturated rings. The van der Waals surface area contributed by atoms with Gasteiger partial charge in [-0.2, -0.15) is 0 Å². The van der Waals surface area contributed by atoms with E-state index in [1.165, 1.54) is 0 Å². The molecule has 8 nitrogen and oxygen atoms in total. The first-order chi connectivity index (χ1) is 18.4. The van der Waals surface area contributed by atoms with Crippen molar-refractivity contribution >= 4 is 23.5 Å². The van der Waals surface area contributed by atoms with Crippen molar-refractivity contribution in [1.82, 2.24) is 15.1 Å². The first kappa shape index (κ1) is 30.8. The highest BCUT2D eigenvalue weighted by Crippen LogP contribution is 2.23. The molecule has 2 aromatic rings. The van der Waals surface area contributed by atoms with Crippen molar-refractivity contribution in [3.05, 3.63) is 54.1 Å². The molecule has 1 aliphatic rings. The number of amides is 4. The summed E-state index contributed by atoms with van der Waals surface area (Å²) in [6.07, 6.45) is 3.90. The average Bonchev–Trinajstić information content (AvgIpc) is 2.95. The summed E-state index contributed by atoms with van der Waals surface area (Å²) in [6.45, 7) is 13.0. The Labute approximate surface area is 228 Å². The van der Waals surface area contributed by atoms with Crippen LogP contribution in [0.4, 0.5) is 10.5 Å². The first-order valence-corrected chi connectivity index (χ1v) is 14.0. The van der Waals surface area contributed by atoms with Crippen LogP contribution in [-0.2, 0) is 4.79 Å². The number of urea groups is 1. The summed E-state index contributed by atoms with van der Waals surface area (Å²) in [5.74, 6) is -0.0615. The van der Waals surface area contributed by atoms with Crippen LogP contribution in [0.15, 0.2) is 48.5 Å². The van der Waals surface area contributed by atoms with E-state index >= 15 is 0 Å². The van der Waals surface area contributed by atoms with Gasteiger partial charge in [0.1, 0.15) is 0 Å². The molecule has 1 saturated heterocycles. The molecular formula is C30H45N5O3. The number of likely N-dealkylation sites (tertiary alicyclic amines) is 1. The van der Waals surface area contributed by atoms with E-state index in [4.69, 9.17) is 5.73 Å². The fourth-order valence-electron chi connectivity index (χ4n) is 4.69. The topological polar surface area (TPSA) is 108 Å². The molecule has 0 aliphatic carbocycles. The number of unbranched alkanes of at least 4 members (excludes halogenated alkanes) is 1. The molecule has 1 atom stereocenters. The van der Waals surface area contributed by atoms with Gasteiger partial charge in [-0.15, -0.1) is 0 Å². The van der Waals surface area contributed by atoms with E-state index < -0.39 is 5.91 Å². The first-order valence-electron chi connectivity index (χ1n) is 14.0. The van der Waals surface area contributed by atoms with Crippen LogP contribution in [0.5, 0.6) is 0 Å². The molecule has 3 rings (SSSR count). The zero-order valence-electron chi connectivity index (χ0n) is 23.5. The van der Waals surface area contributed by atoms with Crippen LogP contribution in [0.25, 0.3) is 11.1 Å². The van der Waals surface area contributed by atoms with E-state index in [1.807, 2.05) is 62.9 Å². The Morgan fingerprint density at radius 2 is 1.71 bits per heavy atom. The number of carbonyl (C=O) groups excluding carboxylic acids is 3. The van der Waals surface area contributed by atoms with E-state index in [0.717, 1.165) is 69.5 Å². The molecule has 0 aromatic heterocycles. The summed E-state index contributed by atoms with van der Waals surface area (Å²) in [6, 6.07) is 14.4. The monoisotopic (exact) mass is 523 g/mol. The number of hydrogen-bond acceptors (Lipinski definition) is 4. The summed E-state index contributed by atoms with van der Waals surface area (Å²) in [4.78, 5) is 40.6. The minimum atomic E-state index is -0.461. The zero-order chi connectivity index (χ0) is 27.9. The lowest BCUT2D eigenvalue weighted by molar-refractivity contribution is -0.137. The summed E-state index contributed by atoms with van der Waals surface area (Å²) in [5, 5.41) is 5.77. The molecule has 0 bridgehead atoms. The summed E-state index contributed by atoms with van der Waals surface area (Å²) < 4.78 is 0. The number of rotatable bonds is 11. The Kier molecular flexibility index (Phi) is 13.3. The van der Waals surface area contributed by atoms with Gasteiger partial charge in [0.15, 0.2) is 0 Å². The van der Waals surface area contributed by atoms with E-state index in [1.54, 1.807) is 18.2 Å². The maximum Gasteiger partial charge on any atom is 0.319 e. The van der Waals surface area contributed by atoms with Crippen molar-refractivity contribution in [2.45, 2.75) is 53.4 Å². The second-order valence-corrected chi connectivity index (χ2v) is 9.26. The third-order valence-corrected chi connectivity index (χ3v) is 6.74. The van der Waals surface area contributed by atoms with Crippen molar-refractivity contribution in [2.24, 2.45) is 11.7 Å². The van der Waals surface area contributed by atoms with Crippen molar-refractivity contribution < 1.29 is 14.4 Å². The Bertz CT molecular complexity index is 1020. The van der Waals surface area contributed by atoms with Gasteiger partial charge in [0.25, 0.3) is 0 Å². The van der Waals surface area contributed by atoms with Gasteiger partial charge in [-0.05, 0) is 88.0 Å². The quantitative estimate of drug-likeness (QED) is 0.362. The molecule has 208 valence electrons. The largest absolute Gasteiger partial charge is 0.366 e. The molecule has 0 saturated carbocycles. The molecule has 1 aliphatic heterocycles. The minimum absolute atomic E-state index is 0.112. The highest BCUT2D eigenvalue weighted by Gasteiger charge is 2.27. The summed E-state index contributed by atoms with van der Waals surface area (Å²) in [7, 11) is 0. The van der Waals surface area contributed by atoms with Crippen LogP contribution >= 0.6 is 0 Å². The maximum atomic E-state index is 12.7. The number of hydrogen-bond donors (Lipinski definition) is 3. The molecule has 4 amide bonds. The molecular weight excluding hydrogens is 478 g/mol. The van der Waals surface area contributed by atoms with Gasteiger partial charge in [-0.1, -0.05) is 38.1 Å². The predicted octanol–water partition coefficient (Wildman–Crippen LogP) is 4.96. The van der Waals surface area contributed by atoms with Gasteiger partial charge in [-0.25, -0.2) is 4.79 Å². The number of primary amides is 1. The Balaban J connectivity index is 0.00000247. The lowest BCUT2D eigenvalue weighted by atomic mass is 9.96. The molecule has 0 spiro atoms. The minimum Gasteiger partial charge on any atom is -0.366 e. The SMILES string of the molecule is CC.CCN(CC)C(=O)C1CCCN(CCCCNC(=O)Nc2ccc(-c3cccc(C(N)=O)c3)cc2)C1. The van der Waals surface area contributed by atoms with Crippen molar-refractivity contribution in [3.8, 4) is 11.1 Å². The average molecular weight is 524 g/mol. The fourth-order valence-corrected chi connectivity index (χ4v) is 4.69. The number of anilines is 1. The van der Waals surface area contributed by atoms with Crippen LogP contribution in [0, 0.1) is 5.92 Å². The second kappa shape index (κ2) is 16.5. The highest BCUT2D eigenvalue weighted by atomic mass is 16.2. The van der Waals surface area contributed by atoms with Crippen molar-refractivity contribution in [1.29, 1.82) is 0 Å². The van der Waals surface area contributed by atoms with Gasteiger partial charge >= 0.3 is 6.03 Å². The fraction of sp³-hybridized carbons (Fsp3) is 0.500. The van der Waals surface area contributed by atoms with Crippen LogP contribution in [0.3, 0.4) is 0 Å². The molecule has 4 N–H and O–H groups in total. The van der Waals surface area contributed by atoms with E-state index in [-0.39, 0.29) is 17.9 Å². The van der Waals surface area contributed by atoms with E-state index in [2.05, 4.69) is 15.5 Å². The number of nitrogens with one attached hydrogen (secondary N) is 2. The predicted molar refractivity (Wildman–Crippen MR) is 155 cm³/mol. The molecule has 1 heterocycles. The Morgan fingerprint density at radius 3 is 2.37 bits per heavy atom. The molecule has 38 heavy (non-hydrogen) atoms. The Hall–Kier alpha value is -3.39. The maximum absolute atomic E-state index is 12.7. The van der Waals surface area contributed by atoms with Crippen LogP contribution < -0.4 is 16.4 Å². The molecule has 8 heteroatoms. The number of nitrogens with zero attached hydrogens (tertiary/aromatic N) is 2. The lowest BCUT2D eigenvalue weighted by Gasteiger charge is -2.34. The molecule has 0 radical (unpaired) electrons. The van der Waals surface area contributed by atoms with Gasteiger partial charge < -0.3 is 26.2 Å². The van der Waals surface area contributed by atoms with Crippen LogP contribution in [0.1, 0.15) is 63.7 Å². The second-order valence-electron chi connectivity index (χ2n) is 9.26. The van der Waals surface area contributed by atoms with Gasteiger partial charge in [0.2, 0.25) is 11.8 Å². The number of piperidine rings is 1. The molecule has 1 unspecified atom stereocenters. The highest BCUT2D eigenvalue weighted by molar-refractivity contribution is 5.94. The van der Waals surface area contributed by atoms with Gasteiger partial charge in [-0.3, -0.25) is 9.59 Å². The lowest BCUT2D eigenvalue weighted by Crippen LogP contribution is -2.45. The summed E-state index contributed by atoms with van der Waals surface area (Å²) >= 11 is 0. The van der Waals surface area contributed by atoms with Crippen molar-refractivity contribution in [3.63, 3.8) is 0 Å². The third kappa shape index (κ3) is 9.49. The van der Waals surface area contributed by atoms with Crippen molar-refractivity contribution in [2.75, 3.05) is 44.6 Å². The molecule has 2 aromatic carbocycles.